The van der Waals surface area contributed by atoms with E-state index in [4.69, 9.17) is 14.2 Å². The summed E-state index contributed by atoms with van der Waals surface area (Å²) in [5.74, 6) is -0.858. The van der Waals surface area contributed by atoms with Crippen molar-refractivity contribution < 1.29 is 28.6 Å². The van der Waals surface area contributed by atoms with Crippen molar-refractivity contribution >= 4 is 17.9 Å². The molecule has 0 rings (SSSR count). The maximum Gasteiger partial charge on any atom is 0.306 e. The molecule has 0 spiro atoms. The minimum Gasteiger partial charge on any atom is -0.462 e. The summed E-state index contributed by atoms with van der Waals surface area (Å²) in [5.41, 5.74) is 0. The lowest BCUT2D eigenvalue weighted by Crippen LogP contribution is -2.30. The maximum atomic E-state index is 12.8. The molecule has 6 heteroatoms. The second kappa shape index (κ2) is 57.2. The molecule has 0 aromatic carbocycles. The molecule has 0 saturated carbocycles. The van der Waals surface area contributed by atoms with Crippen molar-refractivity contribution in [1.82, 2.24) is 0 Å². The molecule has 68 heavy (non-hydrogen) atoms. The third kappa shape index (κ3) is 54.6. The van der Waals surface area contributed by atoms with E-state index in [0.29, 0.717) is 19.3 Å². The maximum absolute atomic E-state index is 12.8. The van der Waals surface area contributed by atoms with E-state index < -0.39 is 6.10 Å². The van der Waals surface area contributed by atoms with Crippen LogP contribution in [0.3, 0.4) is 0 Å². The largest absolute Gasteiger partial charge is 0.462 e. The van der Waals surface area contributed by atoms with Gasteiger partial charge in [0.15, 0.2) is 6.10 Å². The van der Waals surface area contributed by atoms with Gasteiger partial charge in [0.1, 0.15) is 13.2 Å². The van der Waals surface area contributed by atoms with Crippen LogP contribution in [-0.2, 0) is 28.6 Å². The van der Waals surface area contributed by atoms with Crippen LogP contribution >= 0.6 is 0 Å². The third-order valence-corrected chi connectivity index (χ3v) is 13.4. The molecule has 0 bridgehead atoms. The highest BCUT2D eigenvalue weighted by Crippen LogP contribution is 2.16. The first-order valence-electron chi connectivity index (χ1n) is 30.0. The lowest BCUT2D eigenvalue weighted by Gasteiger charge is -2.18. The molecule has 0 aromatic rings. The molecule has 0 unspecified atom stereocenters. The molecule has 0 heterocycles. The van der Waals surface area contributed by atoms with E-state index in [0.717, 1.165) is 64.2 Å². The van der Waals surface area contributed by atoms with E-state index >= 15 is 0 Å². The smallest absolute Gasteiger partial charge is 0.306 e. The van der Waals surface area contributed by atoms with Crippen LogP contribution in [0.15, 0.2) is 36.5 Å². The van der Waals surface area contributed by atoms with Gasteiger partial charge in [0.25, 0.3) is 0 Å². The fraction of sp³-hybridized carbons (Fsp3) is 0.855. The molecule has 0 aromatic heterocycles. The third-order valence-electron chi connectivity index (χ3n) is 13.4. The van der Waals surface area contributed by atoms with E-state index in [1.165, 1.54) is 218 Å². The number of ether oxygens (including phenoxy) is 3. The Morgan fingerprint density at radius 2 is 0.529 bits per heavy atom. The van der Waals surface area contributed by atoms with Crippen molar-refractivity contribution in [2.24, 2.45) is 0 Å². The number of rotatable bonds is 55. The Labute approximate surface area is 423 Å². The minimum atomic E-state index is -0.771. The highest BCUT2D eigenvalue weighted by Gasteiger charge is 2.19. The van der Waals surface area contributed by atoms with Crippen LogP contribution in [0.5, 0.6) is 0 Å². The van der Waals surface area contributed by atoms with Gasteiger partial charge in [0.05, 0.1) is 0 Å². The van der Waals surface area contributed by atoms with Crippen molar-refractivity contribution in [3.8, 4) is 0 Å². The van der Waals surface area contributed by atoms with Crippen LogP contribution < -0.4 is 0 Å². The Kier molecular flexibility index (Phi) is 55.2. The van der Waals surface area contributed by atoms with Gasteiger partial charge in [0.2, 0.25) is 0 Å². The fourth-order valence-electron chi connectivity index (χ4n) is 8.82. The first-order chi connectivity index (χ1) is 33.5. The lowest BCUT2D eigenvalue weighted by atomic mass is 10.0. The normalized spacial score (nSPS) is 12.2. The van der Waals surface area contributed by atoms with Gasteiger partial charge in [-0.1, -0.05) is 263 Å². The van der Waals surface area contributed by atoms with Crippen molar-refractivity contribution in [2.45, 2.75) is 329 Å². The first kappa shape index (κ1) is 65.6. The van der Waals surface area contributed by atoms with Crippen LogP contribution in [-0.4, -0.2) is 37.2 Å². The van der Waals surface area contributed by atoms with Crippen molar-refractivity contribution in [1.29, 1.82) is 0 Å². The predicted octanol–water partition coefficient (Wildman–Crippen LogP) is 20.0. The molecule has 0 fully saturated rings. The van der Waals surface area contributed by atoms with E-state index in [2.05, 4.69) is 57.2 Å². The molecule has 0 amide bonds. The predicted molar refractivity (Wildman–Crippen MR) is 293 cm³/mol. The highest BCUT2D eigenvalue weighted by molar-refractivity contribution is 5.71. The summed E-state index contributed by atoms with van der Waals surface area (Å²) in [6.07, 6.45) is 68.5. The summed E-state index contributed by atoms with van der Waals surface area (Å²) in [5, 5.41) is 0. The molecular formula is C62H114O6. The molecule has 398 valence electrons. The van der Waals surface area contributed by atoms with E-state index in [-0.39, 0.29) is 31.1 Å². The van der Waals surface area contributed by atoms with Gasteiger partial charge in [-0.05, 0) is 77.0 Å². The Morgan fingerprint density at radius 1 is 0.294 bits per heavy atom. The number of unbranched alkanes of at least 4 members (excludes halogenated alkanes) is 38. The average molecular weight is 956 g/mol. The quantitative estimate of drug-likeness (QED) is 0.0262. The molecule has 0 saturated heterocycles. The summed E-state index contributed by atoms with van der Waals surface area (Å²) in [4.78, 5) is 38.2. The van der Waals surface area contributed by atoms with E-state index in [9.17, 15) is 14.4 Å². The van der Waals surface area contributed by atoms with Gasteiger partial charge in [0, 0.05) is 19.3 Å². The monoisotopic (exact) mass is 955 g/mol. The summed E-state index contributed by atoms with van der Waals surface area (Å²) in [6, 6.07) is 0. The van der Waals surface area contributed by atoms with Crippen molar-refractivity contribution in [3.05, 3.63) is 36.5 Å². The van der Waals surface area contributed by atoms with Gasteiger partial charge < -0.3 is 14.2 Å². The zero-order valence-electron chi connectivity index (χ0n) is 45.6. The Balaban J connectivity index is 4.29. The number of hydrogen-bond donors (Lipinski definition) is 0. The molecule has 1 atom stereocenters. The lowest BCUT2D eigenvalue weighted by molar-refractivity contribution is -0.167. The first-order valence-corrected chi connectivity index (χ1v) is 30.0. The zero-order valence-corrected chi connectivity index (χ0v) is 45.6. The Morgan fingerprint density at radius 3 is 0.853 bits per heavy atom. The number of hydrogen-bond acceptors (Lipinski definition) is 6. The van der Waals surface area contributed by atoms with Gasteiger partial charge in [-0.25, -0.2) is 0 Å². The molecule has 0 N–H and O–H groups in total. The molecular weight excluding hydrogens is 841 g/mol. The van der Waals surface area contributed by atoms with Gasteiger partial charge in [-0.3, -0.25) is 14.4 Å². The van der Waals surface area contributed by atoms with Gasteiger partial charge in [-0.15, -0.1) is 0 Å². The Bertz CT molecular complexity index is 1140. The number of carbonyl (C=O) groups excluding carboxylic acids is 3. The highest BCUT2D eigenvalue weighted by atomic mass is 16.6. The van der Waals surface area contributed by atoms with Crippen LogP contribution in [0.2, 0.25) is 0 Å². The summed E-state index contributed by atoms with van der Waals surface area (Å²) in [6.45, 7) is 6.65. The fourth-order valence-corrected chi connectivity index (χ4v) is 8.82. The zero-order chi connectivity index (χ0) is 49.3. The molecule has 6 nitrogen and oxygen atoms in total. The minimum absolute atomic E-state index is 0.0707. The summed E-state index contributed by atoms with van der Waals surface area (Å²) in [7, 11) is 0. The van der Waals surface area contributed by atoms with Crippen molar-refractivity contribution in [3.63, 3.8) is 0 Å². The molecule has 0 radical (unpaired) electrons. The SMILES string of the molecule is CCCCC/C=C\C/C=C\CCCCCCCCCCCC(=O)OC[C@H](COC(=O)CCCCCCCCCCC/C=C\CCCCCCCC)OC(=O)CCCCCCCCCCCCCC. The standard InChI is InChI=1S/C62H114O6/c1-4-7-10-13-16-19-22-25-27-29-31-33-35-37-40-42-45-48-51-54-60(63)66-57-59(68-62(65)56-53-50-47-44-39-24-21-18-15-12-9-6-3)58-67-61(64)55-52-49-46-43-41-38-36-34-32-30-28-26-23-20-17-14-11-8-5-2/h16,19,25-28,59H,4-15,17-18,20-24,29-58H2,1-3H3/b19-16-,27-25-,28-26-/t59-/m1/s1. The second-order valence-corrected chi connectivity index (χ2v) is 20.3. The topological polar surface area (TPSA) is 78.9 Å². The summed E-state index contributed by atoms with van der Waals surface area (Å²) >= 11 is 0. The van der Waals surface area contributed by atoms with Gasteiger partial charge >= 0.3 is 17.9 Å². The van der Waals surface area contributed by atoms with E-state index in [1.54, 1.807) is 0 Å². The van der Waals surface area contributed by atoms with Crippen LogP contribution in [0, 0.1) is 0 Å². The van der Waals surface area contributed by atoms with Crippen LogP contribution in [0.1, 0.15) is 323 Å². The van der Waals surface area contributed by atoms with Crippen molar-refractivity contribution in [2.75, 3.05) is 13.2 Å². The number of allylic oxidation sites excluding steroid dienone is 6. The van der Waals surface area contributed by atoms with Crippen LogP contribution in [0.4, 0.5) is 0 Å². The Hall–Kier alpha value is -2.37. The summed E-state index contributed by atoms with van der Waals surface area (Å²) < 4.78 is 16.9. The second-order valence-electron chi connectivity index (χ2n) is 20.3. The van der Waals surface area contributed by atoms with E-state index in [1.807, 2.05) is 0 Å². The molecule has 0 aliphatic carbocycles. The molecule has 0 aliphatic rings. The van der Waals surface area contributed by atoms with Gasteiger partial charge in [-0.2, -0.15) is 0 Å². The molecule has 0 aliphatic heterocycles. The average Bonchev–Trinajstić information content (AvgIpc) is 3.34. The number of carbonyl (C=O) groups is 3. The number of esters is 3. The van der Waals surface area contributed by atoms with Crippen LogP contribution in [0.25, 0.3) is 0 Å².